The lowest BCUT2D eigenvalue weighted by molar-refractivity contribution is 0.696. The first kappa shape index (κ1) is 9.90. The van der Waals surface area contributed by atoms with Crippen LogP contribution < -0.4 is 0 Å². The van der Waals surface area contributed by atoms with Crippen LogP contribution in [-0.2, 0) is 0 Å². The van der Waals surface area contributed by atoms with Gasteiger partial charge in [-0.05, 0) is 26.8 Å². The monoisotopic (exact) mass is 150 g/mol. The Morgan fingerprint density at radius 2 is 2.09 bits per heavy atom. The molecule has 0 aliphatic rings. The van der Waals surface area contributed by atoms with E-state index in [0.29, 0.717) is 0 Å². The van der Waals surface area contributed by atoms with Gasteiger partial charge in [-0.2, -0.15) is 5.26 Å². The maximum atomic E-state index is 8.76. The largest absolute Gasteiger partial charge is 0.291 e. The lowest BCUT2D eigenvalue weighted by Crippen LogP contribution is -2.19. The van der Waals surface area contributed by atoms with Crippen LogP contribution in [0.4, 0.5) is 0 Å². The van der Waals surface area contributed by atoms with E-state index in [1.165, 1.54) is 0 Å². The summed E-state index contributed by atoms with van der Waals surface area (Å²) in [4.78, 5) is 4.03. The molecule has 0 aliphatic heterocycles. The first-order valence-corrected chi connectivity index (χ1v) is 3.59. The van der Waals surface area contributed by atoms with Gasteiger partial charge < -0.3 is 0 Å². The molecular formula is C9H14N2. The lowest BCUT2D eigenvalue weighted by atomic mass is 9.89. The highest BCUT2D eigenvalue weighted by Gasteiger charge is 2.21. The minimum absolute atomic E-state index is 0.471. The van der Waals surface area contributed by atoms with Crippen LogP contribution in [0.3, 0.4) is 0 Å². The first-order valence-electron chi connectivity index (χ1n) is 3.59. The third-order valence-electron chi connectivity index (χ3n) is 1.49. The summed E-state index contributed by atoms with van der Waals surface area (Å²) >= 11 is 0. The minimum Gasteiger partial charge on any atom is -0.291 e. The van der Waals surface area contributed by atoms with Crippen LogP contribution in [0, 0.1) is 16.7 Å². The molecule has 11 heavy (non-hydrogen) atoms. The summed E-state index contributed by atoms with van der Waals surface area (Å²) in [5, 5.41) is 8.76. The van der Waals surface area contributed by atoms with E-state index in [4.69, 9.17) is 5.26 Å². The fourth-order valence-electron chi connectivity index (χ4n) is 0.778. The van der Waals surface area contributed by atoms with Gasteiger partial charge in [0.2, 0.25) is 0 Å². The molecule has 0 atom stereocenters. The Morgan fingerprint density at radius 3 is 2.36 bits per heavy atom. The molecule has 0 N–H and O–H groups in total. The maximum Gasteiger partial charge on any atom is 0.0932 e. The summed E-state index contributed by atoms with van der Waals surface area (Å²) in [6, 6.07) is 2.20. The standard InChI is InChI=1S/C9H14N2/c1-5-6-8(11-4)9(2,3)7-10/h5-6H,1-4H3. The second-order valence-electron chi connectivity index (χ2n) is 2.85. The third kappa shape index (κ3) is 2.55. The third-order valence-corrected chi connectivity index (χ3v) is 1.49. The molecule has 0 heterocycles. The smallest absolute Gasteiger partial charge is 0.0932 e. The van der Waals surface area contributed by atoms with E-state index >= 15 is 0 Å². The van der Waals surface area contributed by atoms with Crippen LogP contribution in [0.5, 0.6) is 0 Å². The Hall–Kier alpha value is -1.10. The summed E-state index contributed by atoms with van der Waals surface area (Å²) in [6.07, 6.45) is 3.75. The van der Waals surface area contributed by atoms with Crippen molar-refractivity contribution in [3.63, 3.8) is 0 Å². The normalized spacial score (nSPS) is 13.5. The fourth-order valence-corrected chi connectivity index (χ4v) is 0.778. The molecule has 0 unspecified atom stereocenters. The van der Waals surface area contributed by atoms with Gasteiger partial charge in [0.15, 0.2) is 0 Å². The number of allylic oxidation sites excluding steroid dienone is 2. The van der Waals surface area contributed by atoms with Crippen molar-refractivity contribution >= 4 is 5.71 Å². The van der Waals surface area contributed by atoms with Crippen LogP contribution in [0.25, 0.3) is 0 Å². The van der Waals surface area contributed by atoms with Gasteiger partial charge >= 0.3 is 0 Å². The first-order chi connectivity index (χ1) is 5.08. The Morgan fingerprint density at radius 1 is 1.55 bits per heavy atom. The van der Waals surface area contributed by atoms with Crippen molar-refractivity contribution in [3.05, 3.63) is 12.2 Å². The van der Waals surface area contributed by atoms with Gasteiger partial charge in [-0.25, -0.2) is 0 Å². The van der Waals surface area contributed by atoms with E-state index in [0.717, 1.165) is 5.71 Å². The quantitative estimate of drug-likeness (QED) is 0.556. The second-order valence-corrected chi connectivity index (χ2v) is 2.85. The van der Waals surface area contributed by atoms with E-state index in [1.807, 2.05) is 32.9 Å². The van der Waals surface area contributed by atoms with Crippen molar-refractivity contribution in [2.45, 2.75) is 20.8 Å². The zero-order valence-corrected chi connectivity index (χ0v) is 7.55. The molecule has 0 saturated heterocycles. The van der Waals surface area contributed by atoms with Crippen LogP contribution in [0.15, 0.2) is 17.1 Å². The van der Waals surface area contributed by atoms with Crippen molar-refractivity contribution < 1.29 is 0 Å². The molecule has 0 aromatic heterocycles. The Bertz CT molecular complexity index is 216. The molecular weight excluding hydrogens is 136 g/mol. The van der Waals surface area contributed by atoms with Gasteiger partial charge in [-0.15, -0.1) is 0 Å². The molecule has 0 aromatic rings. The average Bonchev–Trinajstić information content (AvgIpc) is 2.00. The summed E-state index contributed by atoms with van der Waals surface area (Å²) < 4.78 is 0. The summed E-state index contributed by atoms with van der Waals surface area (Å²) in [5.41, 5.74) is 0.351. The number of hydrogen-bond donors (Lipinski definition) is 0. The predicted molar refractivity (Wildman–Crippen MR) is 47.6 cm³/mol. The molecule has 0 fully saturated rings. The van der Waals surface area contributed by atoms with Crippen molar-refractivity contribution in [3.8, 4) is 6.07 Å². The van der Waals surface area contributed by atoms with Gasteiger partial charge in [0.25, 0.3) is 0 Å². The van der Waals surface area contributed by atoms with Crippen molar-refractivity contribution in [2.75, 3.05) is 7.05 Å². The fraction of sp³-hybridized carbons (Fsp3) is 0.556. The van der Waals surface area contributed by atoms with Crippen LogP contribution >= 0.6 is 0 Å². The highest BCUT2D eigenvalue weighted by molar-refractivity contribution is 6.00. The van der Waals surface area contributed by atoms with Gasteiger partial charge in [0.1, 0.15) is 0 Å². The number of hydrogen-bond acceptors (Lipinski definition) is 2. The number of nitrogens with zero attached hydrogens (tertiary/aromatic N) is 2. The molecule has 0 spiro atoms. The topological polar surface area (TPSA) is 36.1 Å². The number of nitriles is 1. The van der Waals surface area contributed by atoms with Crippen molar-refractivity contribution in [2.24, 2.45) is 10.4 Å². The summed E-state index contributed by atoms with van der Waals surface area (Å²) in [7, 11) is 1.70. The molecule has 2 heteroatoms. The van der Waals surface area contributed by atoms with Crippen molar-refractivity contribution in [1.82, 2.24) is 0 Å². The van der Waals surface area contributed by atoms with E-state index in [-0.39, 0.29) is 0 Å². The van der Waals surface area contributed by atoms with E-state index in [1.54, 1.807) is 7.05 Å². The number of rotatable bonds is 2. The molecule has 0 saturated carbocycles. The van der Waals surface area contributed by atoms with E-state index in [2.05, 4.69) is 11.1 Å². The van der Waals surface area contributed by atoms with E-state index < -0.39 is 5.41 Å². The Kier molecular flexibility index (Phi) is 3.53. The van der Waals surface area contributed by atoms with Crippen LogP contribution in [0.1, 0.15) is 20.8 Å². The molecule has 2 nitrogen and oxygen atoms in total. The Balaban J connectivity index is 4.69. The van der Waals surface area contributed by atoms with E-state index in [9.17, 15) is 0 Å². The molecule has 0 aliphatic carbocycles. The SMILES string of the molecule is CC=CC(=NC)C(C)(C)C#N. The van der Waals surface area contributed by atoms with Crippen LogP contribution in [-0.4, -0.2) is 12.8 Å². The number of aliphatic imine (C=N–C) groups is 1. The molecule has 0 rings (SSSR count). The second kappa shape index (κ2) is 3.92. The molecule has 0 radical (unpaired) electrons. The zero-order valence-electron chi connectivity index (χ0n) is 7.55. The maximum absolute atomic E-state index is 8.76. The zero-order chi connectivity index (χ0) is 8.91. The molecule has 0 amide bonds. The lowest BCUT2D eigenvalue weighted by Gasteiger charge is -2.14. The predicted octanol–water partition coefficient (Wildman–Crippen LogP) is 2.18. The van der Waals surface area contributed by atoms with Gasteiger partial charge in [0, 0.05) is 7.05 Å². The highest BCUT2D eigenvalue weighted by atomic mass is 14.7. The molecule has 0 bridgehead atoms. The van der Waals surface area contributed by atoms with Crippen molar-refractivity contribution in [1.29, 1.82) is 5.26 Å². The van der Waals surface area contributed by atoms with Gasteiger partial charge in [-0.1, -0.05) is 6.08 Å². The van der Waals surface area contributed by atoms with Gasteiger partial charge in [-0.3, -0.25) is 4.99 Å². The summed E-state index contributed by atoms with van der Waals surface area (Å²) in [6.45, 7) is 5.63. The highest BCUT2D eigenvalue weighted by Crippen LogP contribution is 2.16. The molecule has 0 aromatic carbocycles. The van der Waals surface area contributed by atoms with Gasteiger partial charge in [0.05, 0.1) is 17.2 Å². The minimum atomic E-state index is -0.471. The Labute approximate surface area is 68.3 Å². The molecule has 60 valence electrons. The van der Waals surface area contributed by atoms with Crippen LogP contribution in [0.2, 0.25) is 0 Å². The summed E-state index contributed by atoms with van der Waals surface area (Å²) in [5.74, 6) is 0. The average molecular weight is 150 g/mol.